The molecule has 0 aliphatic rings. The number of aliphatic imine (C=N–C) groups is 1. The van der Waals surface area contributed by atoms with Gasteiger partial charge in [-0.25, -0.2) is 4.79 Å². The Bertz CT molecular complexity index is 1460. The van der Waals surface area contributed by atoms with Crippen LogP contribution in [0.2, 0.25) is 0 Å². The molecule has 3 aromatic rings. The molecule has 4 atom stereocenters. The van der Waals surface area contributed by atoms with E-state index in [1.54, 1.807) is 18.0 Å². The molecule has 13 nitrogen and oxygen atoms in total. The van der Waals surface area contributed by atoms with Crippen molar-refractivity contribution in [1.82, 2.24) is 20.9 Å². The first-order chi connectivity index (χ1) is 21.6. The Labute approximate surface area is 266 Å². The summed E-state index contributed by atoms with van der Waals surface area (Å²) in [7, 11) is 0. The summed E-state index contributed by atoms with van der Waals surface area (Å²) in [6.45, 7) is 0.189. The quantitative estimate of drug-likeness (QED) is 0.0554. The van der Waals surface area contributed by atoms with Gasteiger partial charge >= 0.3 is 5.97 Å². The Kier molecular flexibility index (Phi) is 13.7. The number of benzene rings is 2. The zero-order valence-electron chi connectivity index (χ0n) is 25.2. The summed E-state index contributed by atoms with van der Waals surface area (Å²) >= 11 is 1.55. The number of carboxylic acids is 1. The van der Waals surface area contributed by atoms with Crippen LogP contribution in [0.4, 0.5) is 0 Å². The van der Waals surface area contributed by atoms with Crippen LogP contribution in [0.15, 0.2) is 65.8 Å². The van der Waals surface area contributed by atoms with Crippen LogP contribution in [0.5, 0.6) is 0 Å². The number of aromatic nitrogens is 1. The molecule has 2 aromatic carbocycles. The minimum Gasteiger partial charge on any atom is -0.480 e. The van der Waals surface area contributed by atoms with Gasteiger partial charge in [0.1, 0.15) is 18.1 Å². The average molecular weight is 639 g/mol. The van der Waals surface area contributed by atoms with Crippen LogP contribution in [-0.4, -0.2) is 82.5 Å². The van der Waals surface area contributed by atoms with Crippen LogP contribution in [0.25, 0.3) is 10.9 Å². The highest BCUT2D eigenvalue weighted by atomic mass is 32.2. The number of aromatic amines is 1. The Morgan fingerprint density at radius 3 is 2.20 bits per heavy atom. The molecule has 4 unspecified atom stereocenters. The van der Waals surface area contributed by atoms with Crippen molar-refractivity contribution < 1.29 is 24.3 Å². The van der Waals surface area contributed by atoms with Gasteiger partial charge in [0.25, 0.3) is 0 Å². The number of fused-ring (bicyclic) bond motifs is 1. The number of para-hydroxylation sites is 1. The molecule has 1 aromatic heterocycles. The van der Waals surface area contributed by atoms with E-state index in [1.807, 2.05) is 60.9 Å². The van der Waals surface area contributed by atoms with Crippen LogP contribution in [-0.2, 0) is 32.0 Å². The predicted octanol–water partition coefficient (Wildman–Crippen LogP) is 0.626. The fraction of sp³-hybridized carbons (Fsp3) is 0.387. The number of carbonyl (C=O) groups excluding carboxylic acids is 3. The highest BCUT2D eigenvalue weighted by Gasteiger charge is 2.31. The fourth-order valence-corrected chi connectivity index (χ4v) is 5.24. The maximum Gasteiger partial charge on any atom is 0.326 e. The third-order valence-corrected chi connectivity index (χ3v) is 7.82. The Balaban J connectivity index is 1.80. The number of carbonyl (C=O) groups is 4. The number of nitrogens with one attached hydrogen (secondary N) is 4. The number of hydrogen-bond acceptors (Lipinski definition) is 7. The normalized spacial score (nSPS) is 13.6. The summed E-state index contributed by atoms with van der Waals surface area (Å²) in [5.41, 5.74) is 19.3. The molecule has 0 bridgehead atoms. The van der Waals surface area contributed by atoms with Gasteiger partial charge in [-0.05, 0) is 48.5 Å². The summed E-state index contributed by atoms with van der Waals surface area (Å²) in [5.74, 6) is -2.47. The molecule has 0 radical (unpaired) electrons. The number of nitrogens with two attached hydrogens (primary N) is 3. The Morgan fingerprint density at radius 2 is 1.51 bits per heavy atom. The van der Waals surface area contributed by atoms with Gasteiger partial charge in [-0.1, -0.05) is 48.5 Å². The summed E-state index contributed by atoms with van der Waals surface area (Å²) in [5, 5.41) is 18.9. The number of carboxylic acid groups (broad SMARTS) is 1. The van der Waals surface area contributed by atoms with Crippen LogP contribution in [0.3, 0.4) is 0 Å². The molecule has 0 saturated heterocycles. The Hall–Kier alpha value is -4.56. The molecule has 14 heteroatoms. The lowest BCUT2D eigenvalue weighted by molar-refractivity contribution is -0.142. The van der Waals surface area contributed by atoms with Crippen molar-refractivity contribution in [2.45, 2.75) is 56.3 Å². The molecular formula is C31H42N8O5S. The van der Waals surface area contributed by atoms with E-state index >= 15 is 0 Å². The topological polar surface area (TPSA) is 231 Å². The van der Waals surface area contributed by atoms with Crippen LogP contribution in [0, 0.1) is 0 Å². The highest BCUT2D eigenvalue weighted by Crippen LogP contribution is 2.19. The van der Waals surface area contributed by atoms with Crippen LogP contribution in [0.1, 0.15) is 30.4 Å². The first-order valence-electron chi connectivity index (χ1n) is 14.6. The van der Waals surface area contributed by atoms with E-state index in [4.69, 9.17) is 17.2 Å². The highest BCUT2D eigenvalue weighted by molar-refractivity contribution is 7.98. The largest absolute Gasteiger partial charge is 0.480 e. The molecule has 0 fully saturated rings. The molecule has 1 heterocycles. The van der Waals surface area contributed by atoms with Crippen molar-refractivity contribution >= 4 is 52.3 Å². The first kappa shape index (κ1) is 34.9. The van der Waals surface area contributed by atoms with Crippen molar-refractivity contribution in [1.29, 1.82) is 0 Å². The van der Waals surface area contributed by atoms with E-state index in [2.05, 4.69) is 25.9 Å². The van der Waals surface area contributed by atoms with Crippen LogP contribution < -0.4 is 33.2 Å². The van der Waals surface area contributed by atoms with E-state index in [1.165, 1.54) is 0 Å². The van der Waals surface area contributed by atoms with Gasteiger partial charge < -0.3 is 43.2 Å². The maximum absolute atomic E-state index is 13.7. The summed E-state index contributed by atoms with van der Waals surface area (Å²) in [6.07, 6.45) is 4.62. The van der Waals surface area contributed by atoms with Crippen molar-refractivity contribution in [3.63, 3.8) is 0 Å². The number of nitrogens with zero attached hydrogens (tertiary/aromatic N) is 1. The smallest absolute Gasteiger partial charge is 0.326 e. The van der Waals surface area contributed by atoms with E-state index in [0.717, 1.165) is 22.0 Å². The second-order valence-electron chi connectivity index (χ2n) is 10.6. The van der Waals surface area contributed by atoms with E-state index in [0.29, 0.717) is 18.6 Å². The monoisotopic (exact) mass is 638 g/mol. The standard InChI is InChI=1S/C31H42N8O5S/c1-45-15-13-22(32)27(40)38-25(16-19-8-3-2-4-9-19)29(42)37-24(12-7-14-35-31(33)34)28(41)39-26(30(43)44)17-20-18-36-23-11-6-5-10-21(20)23/h2-6,8-11,18,22,24-26,36H,7,12-17,32H2,1H3,(H,37,42)(H,38,40)(H,39,41)(H,43,44)(H4,33,34,35). The third-order valence-electron chi connectivity index (χ3n) is 7.18. The lowest BCUT2D eigenvalue weighted by atomic mass is 10.0. The van der Waals surface area contributed by atoms with Crippen molar-refractivity contribution in [2.75, 3.05) is 18.6 Å². The van der Waals surface area contributed by atoms with E-state index in [9.17, 15) is 24.3 Å². The minimum absolute atomic E-state index is 0.0143. The predicted molar refractivity (Wildman–Crippen MR) is 176 cm³/mol. The van der Waals surface area contributed by atoms with Gasteiger partial charge in [0, 0.05) is 36.5 Å². The zero-order valence-corrected chi connectivity index (χ0v) is 26.0. The molecule has 0 aliphatic heterocycles. The molecule has 45 heavy (non-hydrogen) atoms. The molecule has 3 rings (SSSR count). The number of guanidine groups is 1. The zero-order chi connectivity index (χ0) is 32.8. The number of amides is 3. The summed E-state index contributed by atoms with van der Waals surface area (Å²) < 4.78 is 0. The molecular weight excluding hydrogens is 596 g/mol. The van der Waals surface area contributed by atoms with Gasteiger partial charge in [-0.15, -0.1) is 0 Å². The molecule has 0 spiro atoms. The molecule has 3 amide bonds. The summed E-state index contributed by atoms with van der Waals surface area (Å²) in [6, 6.07) is 12.3. The third kappa shape index (κ3) is 11.1. The molecule has 0 aliphatic carbocycles. The van der Waals surface area contributed by atoms with Crippen molar-refractivity contribution in [3.05, 3.63) is 71.9 Å². The van der Waals surface area contributed by atoms with Gasteiger partial charge in [0.15, 0.2) is 5.96 Å². The van der Waals surface area contributed by atoms with E-state index < -0.39 is 47.9 Å². The number of aliphatic carboxylic acids is 1. The van der Waals surface area contributed by atoms with Crippen LogP contribution >= 0.6 is 11.8 Å². The molecule has 11 N–H and O–H groups in total. The SMILES string of the molecule is CSCCC(N)C(=O)NC(Cc1ccccc1)C(=O)NC(CCCN=C(N)N)C(=O)NC(Cc1c[nH]c2ccccc12)C(=O)O. The second-order valence-corrected chi connectivity index (χ2v) is 11.6. The van der Waals surface area contributed by atoms with Gasteiger partial charge in [-0.2, -0.15) is 11.8 Å². The molecule has 242 valence electrons. The first-order valence-corrected chi connectivity index (χ1v) is 16.0. The van der Waals surface area contributed by atoms with Gasteiger partial charge in [-0.3, -0.25) is 19.4 Å². The fourth-order valence-electron chi connectivity index (χ4n) is 4.75. The second kappa shape index (κ2) is 17.7. The van der Waals surface area contributed by atoms with Gasteiger partial charge in [0.2, 0.25) is 17.7 Å². The van der Waals surface area contributed by atoms with E-state index in [-0.39, 0.29) is 31.8 Å². The van der Waals surface area contributed by atoms with Crippen molar-refractivity contribution in [3.8, 4) is 0 Å². The van der Waals surface area contributed by atoms with Crippen molar-refractivity contribution in [2.24, 2.45) is 22.2 Å². The maximum atomic E-state index is 13.7. The number of rotatable bonds is 18. The average Bonchev–Trinajstić information content (AvgIpc) is 3.43. The number of thioether (sulfide) groups is 1. The Morgan fingerprint density at radius 1 is 0.867 bits per heavy atom. The summed E-state index contributed by atoms with van der Waals surface area (Å²) in [4.78, 5) is 59.4. The number of hydrogen-bond donors (Lipinski definition) is 8. The van der Waals surface area contributed by atoms with Gasteiger partial charge in [0.05, 0.1) is 6.04 Å². The minimum atomic E-state index is -1.27. The lowest BCUT2D eigenvalue weighted by Gasteiger charge is -2.25. The lowest BCUT2D eigenvalue weighted by Crippen LogP contribution is -2.57. The number of H-pyrrole nitrogens is 1. The molecule has 0 saturated carbocycles.